The maximum absolute atomic E-state index is 12.8. The summed E-state index contributed by atoms with van der Waals surface area (Å²) in [7, 11) is 0. The number of rotatable bonds is 2. The quantitative estimate of drug-likeness (QED) is 0.342. The van der Waals surface area contributed by atoms with Gasteiger partial charge in [0.2, 0.25) is 0 Å². The number of allylic oxidation sites excluding steroid dienone is 1. The van der Waals surface area contributed by atoms with Crippen molar-refractivity contribution >= 4 is 11.9 Å². The van der Waals surface area contributed by atoms with Crippen LogP contribution in [0.5, 0.6) is 0 Å². The Hall–Kier alpha value is -1.44. The van der Waals surface area contributed by atoms with Gasteiger partial charge in [-0.1, -0.05) is 40.7 Å². The van der Waals surface area contributed by atoms with E-state index in [0.29, 0.717) is 44.9 Å². The average Bonchev–Trinajstić information content (AvgIpc) is 2.77. The van der Waals surface area contributed by atoms with E-state index in [0.717, 1.165) is 18.4 Å². The molecule has 0 spiro atoms. The van der Waals surface area contributed by atoms with E-state index in [1.807, 2.05) is 0 Å². The van der Waals surface area contributed by atoms with Crippen LogP contribution in [0.15, 0.2) is 11.6 Å². The molecular formula is C30H46O7. The summed E-state index contributed by atoms with van der Waals surface area (Å²) >= 11 is 0. The second-order valence-electron chi connectivity index (χ2n) is 15.1. The molecule has 0 amide bonds. The Bertz CT molecular complexity index is 1070. The Morgan fingerprint density at radius 1 is 0.865 bits per heavy atom. The Labute approximate surface area is 220 Å². The van der Waals surface area contributed by atoms with Gasteiger partial charge in [0.05, 0.1) is 17.6 Å². The van der Waals surface area contributed by atoms with Gasteiger partial charge in [0.25, 0.3) is 0 Å². The van der Waals surface area contributed by atoms with E-state index in [1.165, 1.54) is 0 Å². The van der Waals surface area contributed by atoms with E-state index >= 15 is 0 Å². The number of carbonyl (C=O) groups is 2. The minimum atomic E-state index is -1.45. The van der Waals surface area contributed by atoms with Crippen molar-refractivity contribution in [2.24, 2.45) is 44.3 Å². The fourth-order valence-corrected chi connectivity index (χ4v) is 10.9. The van der Waals surface area contributed by atoms with Crippen LogP contribution in [0, 0.1) is 44.3 Å². The molecule has 10 atom stereocenters. The van der Waals surface area contributed by atoms with Crippen molar-refractivity contribution in [2.75, 3.05) is 0 Å². The van der Waals surface area contributed by atoms with Gasteiger partial charge in [-0.15, -0.1) is 0 Å². The number of hydrogen-bond donors (Lipinski definition) is 5. The van der Waals surface area contributed by atoms with Crippen molar-refractivity contribution in [3.8, 4) is 0 Å². The minimum absolute atomic E-state index is 0.0332. The van der Waals surface area contributed by atoms with Crippen molar-refractivity contribution in [1.82, 2.24) is 0 Å². The fourth-order valence-electron chi connectivity index (χ4n) is 10.9. The first-order chi connectivity index (χ1) is 16.9. The molecule has 4 saturated carbocycles. The lowest BCUT2D eigenvalue weighted by Gasteiger charge is -2.72. The Morgan fingerprint density at radius 2 is 1.49 bits per heavy atom. The van der Waals surface area contributed by atoms with Gasteiger partial charge in [-0.2, -0.15) is 0 Å². The predicted octanol–water partition coefficient (Wildman–Crippen LogP) is 4.38. The lowest BCUT2D eigenvalue weighted by Crippen LogP contribution is -2.71. The van der Waals surface area contributed by atoms with Crippen molar-refractivity contribution in [1.29, 1.82) is 0 Å². The highest BCUT2D eigenvalue weighted by molar-refractivity contribution is 5.79. The largest absolute Gasteiger partial charge is 0.481 e. The zero-order chi connectivity index (χ0) is 27.6. The van der Waals surface area contributed by atoms with E-state index in [1.54, 1.807) is 6.92 Å². The molecule has 0 aromatic rings. The summed E-state index contributed by atoms with van der Waals surface area (Å²) in [6.07, 6.45) is 4.63. The SMILES string of the molecule is CC1(C)CC[C@]2(C(=O)O)CC[C@]3(C)C(=CC[C@@H]4[C@@]5(C)C[C@@H](O)[C@H](O)[C@@](C)(C(=O)O)[C@@H]5CC[C@]43C)[C@]2(O)C1. The molecule has 5 aliphatic rings. The highest BCUT2D eigenvalue weighted by Gasteiger charge is 2.74. The minimum Gasteiger partial charge on any atom is -0.481 e. The molecular weight excluding hydrogens is 472 g/mol. The third kappa shape index (κ3) is 3.00. The molecule has 0 bridgehead atoms. The molecule has 0 radical (unpaired) electrons. The van der Waals surface area contributed by atoms with Gasteiger partial charge >= 0.3 is 11.9 Å². The summed E-state index contributed by atoms with van der Waals surface area (Å²) in [6.45, 7) is 12.4. The van der Waals surface area contributed by atoms with Crippen LogP contribution in [0.25, 0.3) is 0 Å². The van der Waals surface area contributed by atoms with Crippen molar-refractivity contribution in [2.45, 2.75) is 117 Å². The normalized spacial score (nSPS) is 54.6. The van der Waals surface area contributed by atoms with E-state index < -0.39 is 51.4 Å². The summed E-state index contributed by atoms with van der Waals surface area (Å²) in [6, 6.07) is 0. The number of aliphatic hydroxyl groups is 3. The van der Waals surface area contributed by atoms with Gasteiger partial charge < -0.3 is 25.5 Å². The monoisotopic (exact) mass is 518 g/mol. The van der Waals surface area contributed by atoms with Gasteiger partial charge in [-0.05, 0) is 104 Å². The van der Waals surface area contributed by atoms with Crippen molar-refractivity contribution in [3.63, 3.8) is 0 Å². The van der Waals surface area contributed by atoms with Crippen LogP contribution >= 0.6 is 0 Å². The molecule has 0 unspecified atom stereocenters. The molecule has 5 aliphatic carbocycles. The van der Waals surface area contributed by atoms with Gasteiger partial charge in [0.15, 0.2) is 0 Å². The summed E-state index contributed by atoms with van der Waals surface area (Å²) in [5.74, 6) is -2.24. The molecule has 5 N–H and O–H groups in total. The van der Waals surface area contributed by atoms with Crippen molar-refractivity contribution < 1.29 is 35.1 Å². The van der Waals surface area contributed by atoms with Crippen LogP contribution in [0.4, 0.5) is 0 Å². The first-order valence-corrected chi connectivity index (χ1v) is 14.1. The van der Waals surface area contributed by atoms with Gasteiger partial charge in [-0.25, -0.2) is 0 Å². The maximum Gasteiger partial charge on any atom is 0.312 e. The molecule has 37 heavy (non-hydrogen) atoms. The number of carboxylic acids is 2. The Morgan fingerprint density at radius 3 is 2.08 bits per heavy atom. The number of aliphatic hydroxyl groups excluding tert-OH is 2. The average molecular weight is 519 g/mol. The zero-order valence-corrected chi connectivity index (χ0v) is 23.3. The first-order valence-electron chi connectivity index (χ1n) is 14.1. The molecule has 0 aromatic carbocycles. The second kappa shape index (κ2) is 7.60. The highest BCUT2D eigenvalue weighted by Crippen LogP contribution is 2.76. The third-order valence-corrected chi connectivity index (χ3v) is 13.2. The number of fused-ring (bicyclic) bond motifs is 7. The van der Waals surface area contributed by atoms with Crippen LogP contribution in [0.3, 0.4) is 0 Å². The molecule has 0 saturated heterocycles. The van der Waals surface area contributed by atoms with Gasteiger partial charge in [-0.3, -0.25) is 9.59 Å². The van der Waals surface area contributed by atoms with Gasteiger partial charge in [0, 0.05) is 0 Å². The Balaban J connectivity index is 1.66. The highest BCUT2D eigenvalue weighted by atomic mass is 16.4. The molecule has 0 heterocycles. The van der Waals surface area contributed by atoms with Crippen LogP contribution < -0.4 is 0 Å². The fraction of sp³-hybridized carbons (Fsp3) is 0.867. The number of carboxylic acid groups (broad SMARTS) is 2. The summed E-state index contributed by atoms with van der Waals surface area (Å²) in [5, 5.41) is 55.1. The Kier molecular flexibility index (Phi) is 5.58. The lowest BCUT2D eigenvalue weighted by atomic mass is 9.32. The van der Waals surface area contributed by atoms with Crippen LogP contribution in [-0.4, -0.2) is 55.3 Å². The van der Waals surface area contributed by atoms with E-state index in [9.17, 15) is 35.1 Å². The summed E-state index contributed by atoms with van der Waals surface area (Å²) < 4.78 is 0. The molecule has 0 aliphatic heterocycles. The second-order valence-corrected chi connectivity index (χ2v) is 15.1. The molecule has 5 rings (SSSR count). The van der Waals surface area contributed by atoms with Crippen LogP contribution in [-0.2, 0) is 9.59 Å². The summed E-state index contributed by atoms with van der Waals surface area (Å²) in [4.78, 5) is 25.4. The first kappa shape index (κ1) is 27.1. The van der Waals surface area contributed by atoms with E-state index in [-0.39, 0.29) is 22.7 Å². The third-order valence-electron chi connectivity index (χ3n) is 13.2. The number of aliphatic carboxylic acids is 2. The van der Waals surface area contributed by atoms with E-state index in [2.05, 4.69) is 40.7 Å². The predicted molar refractivity (Wildman–Crippen MR) is 137 cm³/mol. The lowest BCUT2D eigenvalue weighted by molar-refractivity contribution is -0.247. The molecule has 208 valence electrons. The zero-order valence-electron chi connectivity index (χ0n) is 23.3. The molecule has 0 aromatic heterocycles. The topological polar surface area (TPSA) is 135 Å². The molecule has 4 fully saturated rings. The number of hydrogen-bond acceptors (Lipinski definition) is 5. The summed E-state index contributed by atoms with van der Waals surface area (Å²) in [5.41, 5.74) is -4.67. The van der Waals surface area contributed by atoms with Gasteiger partial charge in [0.1, 0.15) is 11.0 Å². The van der Waals surface area contributed by atoms with E-state index in [4.69, 9.17) is 0 Å². The maximum atomic E-state index is 12.8. The van der Waals surface area contributed by atoms with Crippen LogP contribution in [0.2, 0.25) is 0 Å². The molecule has 7 heteroatoms. The molecule has 7 nitrogen and oxygen atoms in total. The van der Waals surface area contributed by atoms with Crippen LogP contribution in [0.1, 0.15) is 99.3 Å². The standard InChI is InChI=1S/C30H46O7/c1-24(2)11-13-29(23(35)36)14-12-27(5)20(30(29,37)16-24)8-7-18-25(3)15-17(31)21(32)28(6,22(33)34)19(25)9-10-26(18,27)4/h8,17-19,21,31-32,37H,7,9-16H2,1-6H3,(H,33,34)(H,35,36)/t17-,18-,19-,21+,25-,26-,27-,28+,29-,30-/m1/s1. The smallest absolute Gasteiger partial charge is 0.312 e. The van der Waals surface area contributed by atoms with Crippen molar-refractivity contribution in [3.05, 3.63) is 11.6 Å².